The molecule has 0 saturated carbocycles. The second kappa shape index (κ2) is 5.45. The van der Waals surface area contributed by atoms with Gasteiger partial charge in [-0.15, -0.1) is 0 Å². The van der Waals surface area contributed by atoms with Crippen molar-refractivity contribution in [1.29, 1.82) is 0 Å². The summed E-state index contributed by atoms with van der Waals surface area (Å²) >= 11 is 0. The van der Waals surface area contributed by atoms with E-state index in [2.05, 4.69) is 0 Å². The van der Waals surface area contributed by atoms with E-state index in [1.54, 1.807) is 30.3 Å². The molecule has 1 aromatic carbocycles. The van der Waals surface area contributed by atoms with Crippen LogP contribution >= 0.6 is 0 Å². The van der Waals surface area contributed by atoms with Crippen molar-refractivity contribution in [2.75, 3.05) is 0 Å². The van der Waals surface area contributed by atoms with Crippen molar-refractivity contribution < 1.29 is 24.9 Å². The molecule has 0 heterocycles. The molecule has 0 aliphatic heterocycles. The molecule has 0 aliphatic carbocycles. The standard InChI is InChI=1S/C12H14O5/c13-10(14)6-7-12(17,8-11(15)16)9-4-2-1-3-5-9/h1-5,17H,6-8H2,(H,13,14)(H,15,16). The van der Waals surface area contributed by atoms with Crippen LogP contribution in [0.4, 0.5) is 0 Å². The predicted octanol–water partition coefficient (Wildman–Crippen LogP) is 1.21. The normalized spacial score (nSPS) is 13.9. The molecular weight excluding hydrogens is 224 g/mol. The summed E-state index contributed by atoms with van der Waals surface area (Å²) in [6, 6.07) is 8.25. The highest BCUT2D eigenvalue weighted by molar-refractivity contribution is 5.70. The van der Waals surface area contributed by atoms with Crippen LogP contribution in [0, 0.1) is 0 Å². The van der Waals surface area contributed by atoms with Gasteiger partial charge >= 0.3 is 11.9 Å². The molecule has 3 N–H and O–H groups in total. The highest BCUT2D eigenvalue weighted by atomic mass is 16.4. The first-order valence-electron chi connectivity index (χ1n) is 5.15. The van der Waals surface area contributed by atoms with E-state index in [0.29, 0.717) is 5.56 Å². The highest BCUT2D eigenvalue weighted by Crippen LogP contribution is 2.30. The van der Waals surface area contributed by atoms with E-state index >= 15 is 0 Å². The molecule has 0 spiro atoms. The van der Waals surface area contributed by atoms with E-state index in [0.717, 1.165) is 0 Å². The zero-order chi connectivity index (χ0) is 12.9. The molecule has 0 radical (unpaired) electrons. The van der Waals surface area contributed by atoms with Crippen molar-refractivity contribution in [2.45, 2.75) is 24.9 Å². The fraction of sp³-hybridized carbons (Fsp3) is 0.333. The Hall–Kier alpha value is -1.88. The van der Waals surface area contributed by atoms with Crippen LogP contribution in [0.15, 0.2) is 30.3 Å². The van der Waals surface area contributed by atoms with Gasteiger partial charge in [0, 0.05) is 6.42 Å². The van der Waals surface area contributed by atoms with E-state index in [4.69, 9.17) is 10.2 Å². The number of aliphatic hydroxyl groups is 1. The Morgan fingerprint density at radius 2 is 1.65 bits per heavy atom. The van der Waals surface area contributed by atoms with Crippen molar-refractivity contribution in [3.8, 4) is 0 Å². The van der Waals surface area contributed by atoms with Crippen LogP contribution < -0.4 is 0 Å². The average Bonchev–Trinajstić information content (AvgIpc) is 2.27. The highest BCUT2D eigenvalue weighted by Gasteiger charge is 2.32. The molecule has 17 heavy (non-hydrogen) atoms. The van der Waals surface area contributed by atoms with Crippen LogP contribution in [0.1, 0.15) is 24.8 Å². The fourth-order valence-electron chi connectivity index (χ4n) is 1.65. The maximum Gasteiger partial charge on any atom is 0.306 e. The molecule has 0 aliphatic rings. The van der Waals surface area contributed by atoms with Crippen molar-refractivity contribution in [3.05, 3.63) is 35.9 Å². The van der Waals surface area contributed by atoms with Crippen LogP contribution in [0.2, 0.25) is 0 Å². The van der Waals surface area contributed by atoms with Gasteiger partial charge in [-0.3, -0.25) is 9.59 Å². The average molecular weight is 238 g/mol. The first kappa shape index (κ1) is 13.2. The van der Waals surface area contributed by atoms with Crippen LogP contribution in [-0.2, 0) is 15.2 Å². The summed E-state index contributed by atoms with van der Waals surface area (Å²) < 4.78 is 0. The first-order valence-corrected chi connectivity index (χ1v) is 5.15. The van der Waals surface area contributed by atoms with Gasteiger partial charge in [0.2, 0.25) is 0 Å². The van der Waals surface area contributed by atoms with Gasteiger partial charge in [-0.1, -0.05) is 30.3 Å². The molecule has 1 aromatic rings. The molecule has 1 rings (SSSR count). The van der Waals surface area contributed by atoms with Gasteiger partial charge in [-0.05, 0) is 12.0 Å². The van der Waals surface area contributed by atoms with E-state index in [1.807, 2.05) is 0 Å². The number of carboxylic acids is 2. The summed E-state index contributed by atoms with van der Waals surface area (Å²) in [4.78, 5) is 21.2. The summed E-state index contributed by atoms with van der Waals surface area (Å²) in [5.41, 5.74) is -1.21. The van der Waals surface area contributed by atoms with Crippen molar-refractivity contribution >= 4 is 11.9 Å². The smallest absolute Gasteiger partial charge is 0.306 e. The maximum absolute atomic E-state index is 10.7. The Bertz CT molecular complexity index is 401. The largest absolute Gasteiger partial charge is 0.481 e. The minimum atomic E-state index is -1.63. The lowest BCUT2D eigenvalue weighted by molar-refractivity contribution is -0.146. The van der Waals surface area contributed by atoms with Crippen molar-refractivity contribution in [2.24, 2.45) is 0 Å². The van der Waals surface area contributed by atoms with Gasteiger partial charge in [-0.25, -0.2) is 0 Å². The molecule has 92 valence electrons. The number of rotatable bonds is 6. The Kier molecular flexibility index (Phi) is 4.23. The minimum absolute atomic E-state index is 0.126. The molecule has 1 unspecified atom stereocenters. The van der Waals surface area contributed by atoms with Crippen molar-refractivity contribution in [1.82, 2.24) is 0 Å². The van der Waals surface area contributed by atoms with Crippen LogP contribution in [0.3, 0.4) is 0 Å². The van der Waals surface area contributed by atoms with E-state index in [-0.39, 0.29) is 12.8 Å². The molecule has 0 saturated heterocycles. The zero-order valence-corrected chi connectivity index (χ0v) is 9.17. The summed E-state index contributed by atoms with van der Waals surface area (Å²) in [5, 5.41) is 27.6. The van der Waals surface area contributed by atoms with Gasteiger partial charge < -0.3 is 15.3 Å². The topological polar surface area (TPSA) is 94.8 Å². The number of benzene rings is 1. The van der Waals surface area contributed by atoms with Gasteiger partial charge in [0.25, 0.3) is 0 Å². The molecule has 5 nitrogen and oxygen atoms in total. The number of hydrogen-bond acceptors (Lipinski definition) is 3. The molecule has 5 heteroatoms. The van der Waals surface area contributed by atoms with Crippen LogP contribution in [0.5, 0.6) is 0 Å². The summed E-state index contributed by atoms with van der Waals surface area (Å²) in [5.74, 6) is -2.23. The lowest BCUT2D eigenvalue weighted by Crippen LogP contribution is -2.29. The summed E-state index contributed by atoms with van der Waals surface area (Å²) in [6.07, 6.45) is -0.915. The number of carbonyl (C=O) groups is 2. The quantitative estimate of drug-likeness (QED) is 0.692. The van der Waals surface area contributed by atoms with Gasteiger partial charge in [0.05, 0.1) is 6.42 Å². The Labute approximate surface area is 98.3 Å². The number of hydrogen-bond donors (Lipinski definition) is 3. The maximum atomic E-state index is 10.7. The third-order valence-corrected chi connectivity index (χ3v) is 2.51. The van der Waals surface area contributed by atoms with Gasteiger partial charge in [-0.2, -0.15) is 0 Å². The molecule has 0 aromatic heterocycles. The fourth-order valence-corrected chi connectivity index (χ4v) is 1.65. The third-order valence-electron chi connectivity index (χ3n) is 2.51. The third kappa shape index (κ3) is 3.88. The summed E-state index contributed by atoms with van der Waals surface area (Å²) in [7, 11) is 0. The molecule has 0 fully saturated rings. The Morgan fingerprint density at radius 1 is 1.06 bits per heavy atom. The Morgan fingerprint density at radius 3 is 2.12 bits per heavy atom. The van der Waals surface area contributed by atoms with Gasteiger partial charge in [0.15, 0.2) is 0 Å². The number of aliphatic carboxylic acids is 2. The molecule has 0 bridgehead atoms. The molecular formula is C12H14O5. The number of carboxylic acid groups (broad SMARTS) is 2. The lowest BCUT2D eigenvalue weighted by Gasteiger charge is -2.26. The lowest BCUT2D eigenvalue weighted by atomic mass is 9.86. The van der Waals surface area contributed by atoms with E-state index < -0.39 is 24.0 Å². The first-order chi connectivity index (χ1) is 7.94. The second-order valence-corrected chi connectivity index (χ2v) is 3.86. The van der Waals surface area contributed by atoms with Crippen LogP contribution in [-0.4, -0.2) is 27.3 Å². The Balaban J connectivity index is 2.93. The predicted molar refractivity (Wildman–Crippen MR) is 59.5 cm³/mol. The monoisotopic (exact) mass is 238 g/mol. The summed E-state index contributed by atoms with van der Waals surface area (Å²) in [6.45, 7) is 0. The van der Waals surface area contributed by atoms with E-state index in [1.165, 1.54) is 0 Å². The van der Waals surface area contributed by atoms with Crippen LogP contribution in [0.25, 0.3) is 0 Å². The molecule has 1 atom stereocenters. The second-order valence-electron chi connectivity index (χ2n) is 3.86. The van der Waals surface area contributed by atoms with E-state index in [9.17, 15) is 14.7 Å². The minimum Gasteiger partial charge on any atom is -0.481 e. The SMILES string of the molecule is O=C(O)CCC(O)(CC(=O)O)c1ccccc1. The molecule has 0 amide bonds. The zero-order valence-electron chi connectivity index (χ0n) is 9.17. The van der Waals surface area contributed by atoms with Gasteiger partial charge in [0.1, 0.15) is 5.60 Å². The van der Waals surface area contributed by atoms with Crippen molar-refractivity contribution in [3.63, 3.8) is 0 Å².